The number of anilines is 1. The molecule has 7 heteroatoms. The number of aromatic nitrogens is 2. The van der Waals surface area contributed by atoms with Gasteiger partial charge in [-0.1, -0.05) is 19.1 Å². The molecule has 31 heavy (non-hydrogen) atoms. The van der Waals surface area contributed by atoms with E-state index in [9.17, 15) is 9.59 Å². The van der Waals surface area contributed by atoms with Crippen LogP contribution in [0.2, 0.25) is 0 Å². The Morgan fingerprint density at radius 2 is 1.97 bits per heavy atom. The zero-order valence-electron chi connectivity index (χ0n) is 17.8. The predicted octanol–water partition coefficient (Wildman–Crippen LogP) is 3.08. The van der Waals surface area contributed by atoms with E-state index < -0.39 is 0 Å². The highest BCUT2D eigenvalue weighted by molar-refractivity contribution is 5.95. The average Bonchev–Trinajstić information content (AvgIpc) is 2.81. The SMILES string of the molecule is CCC(=O)N(CCN)c1ccc(-c2ccc(C(=O)NCc3cccnc3)cn2)cc1C. The zero-order chi connectivity index (χ0) is 22.2. The molecule has 0 aliphatic carbocycles. The second-order valence-corrected chi connectivity index (χ2v) is 7.16. The molecule has 0 saturated heterocycles. The minimum Gasteiger partial charge on any atom is -0.348 e. The number of nitrogens with one attached hydrogen (secondary N) is 1. The van der Waals surface area contributed by atoms with Crippen LogP contribution >= 0.6 is 0 Å². The number of hydrogen-bond donors (Lipinski definition) is 2. The fourth-order valence-electron chi connectivity index (χ4n) is 3.30. The molecular weight excluding hydrogens is 390 g/mol. The normalized spacial score (nSPS) is 10.5. The highest BCUT2D eigenvalue weighted by Gasteiger charge is 2.16. The fraction of sp³-hybridized carbons (Fsp3) is 0.250. The van der Waals surface area contributed by atoms with Gasteiger partial charge in [0, 0.05) is 55.9 Å². The van der Waals surface area contributed by atoms with Gasteiger partial charge in [-0.15, -0.1) is 0 Å². The molecule has 0 aliphatic rings. The Morgan fingerprint density at radius 1 is 1.13 bits per heavy atom. The van der Waals surface area contributed by atoms with Crippen molar-refractivity contribution in [2.24, 2.45) is 5.73 Å². The third-order valence-electron chi connectivity index (χ3n) is 4.94. The number of amides is 2. The van der Waals surface area contributed by atoms with E-state index >= 15 is 0 Å². The molecule has 3 aromatic rings. The van der Waals surface area contributed by atoms with Crippen LogP contribution in [0.4, 0.5) is 5.69 Å². The van der Waals surface area contributed by atoms with Gasteiger partial charge >= 0.3 is 0 Å². The summed E-state index contributed by atoms with van der Waals surface area (Å²) in [4.78, 5) is 34.9. The van der Waals surface area contributed by atoms with Crippen molar-refractivity contribution in [1.82, 2.24) is 15.3 Å². The highest BCUT2D eigenvalue weighted by Crippen LogP contribution is 2.26. The molecular formula is C24H27N5O2. The topological polar surface area (TPSA) is 101 Å². The van der Waals surface area contributed by atoms with Gasteiger partial charge in [-0.3, -0.25) is 19.6 Å². The molecule has 2 amide bonds. The Kier molecular flexibility index (Phi) is 7.45. The minimum absolute atomic E-state index is 0.0427. The lowest BCUT2D eigenvalue weighted by molar-refractivity contribution is -0.118. The van der Waals surface area contributed by atoms with E-state index in [0.29, 0.717) is 31.6 Å². The summed E-state index contributed by atoms with van der Waals surface area (Å²) >= 11 is 0. The molecule has 2 aromatic heterocycles. The molecule has 0 fully saturated rings. The van der Waals surface area contributed by atoms with Crippen molar-refractivity contribution in [2.75, 3.05) is 18.0 Å². The maximum Gasteiger partial charge on any atom is 0.253 e. The Labute approximate surface area is 182 Å². The molecule has 3 rings (SSSR count). The molecule has 160 valence electrons. The van der Waals surface area contributed by atoms with E-state index in [0.717, 1.165) is 28.1 Å². The van der Waals surface area contributed by atoms with Gasteiger partial charge in [-0.25, -0.2) is 0 Å². The van der Waals surface area contributed by atoms with E-state index in [-0.39, 0.29) is 11.8 Å². The first-order valence-corrected chi connectivity index (χ1v) is 10.3. The lowest BCUT2D eigenvalue weighted by Crippen LogP contribution is -2.35. The molecule has 2 heterocycles. The number of benzene rings is 1. The van der Waals surface area contributed by atoms with Gasteiger partial charge in [0.15, 0.2) is 0 Å². The van der Waals surface area contributed by atoms with Crippen molar-refractivity contribution in [1.29, 1.82) is 0 Å². The number of pyridine rings is 2. The summed E-state index contributed by atoms with van der Waals surface area (Å²) in [6, 6.07) is 13.2. The third-order valence-corrected chi connectivity index (χ3v) is 4.94. The number of carbonyl (C=O) groups excluding carboxylic acids is 2. The van der Waals surface area contributed by atoms with E-state index in [1.807, 2.05) is 50.2 Å². The van der Waals surface area contributed by atoms with Gasteiger partial charge in [0.1, 0.15) is 0 Å². The van der Waals surface area contributed by atoms with Gasteiger partial charge in [-0.2, -0.15) is 0 Å². The summed E-state index contributed by atoms with van der Waals surface area (Å²) in [5.41, 5.74) is 10.6. The van der Waals surface area contributed by atoms with Gasteiger partial charge < -0.3 is 16.0 Å². The number of rotatable bonds is 8. The maximum absolute atomic E-state index is 12.4. The summed E-state index contributed by atoms with van der Waals surface area (Å²) in [5.74, 6) is -0.147. The van der Waals surface area contributed by atoms with Crippen LogP contribution in [0.15, 0.2) is 61.1 Å². The maximum atomic E-state index is 12.4. The predicted molar refractivity (Wildman–Crippen MR) is 122 cm³/mol. The van der Waals surface area contributed by atoms with E-state index in [1.54, 1.807) is 29.6 Å². The minimum atomic E-state index is -0.190. The van der Waals surface area contributed by atoms with E-state index in [2.05, 4.69) is 15.3 Å². The van der Waals surface area contributed by atoms with Crippen LogP contribution in [-0.4, -0.2) is 34.9 Å². The largest absolute Gasteiger partial charge is 0.348 e. The van der Waals surface area contributed by atoms with Gasteiger partial charge in [0.05, 0.1) is 11.3 Å². The molecule has 7 nitrogen and oxygen atoms in total. The number of hydrogen-bond acceptors (Lipinski definition) is 5. The highest BCUT2D eigenvalue weighted by atomic mass is 16.2. The molecule has 0 spiro atoms. The van der Waals surface area contributed by atoms with E-state index in [4.69, 9.17) is 5.73 Å². The molecule has 0 aliphatic heterocycles. The molecule has 3 N–H and O–H groups in total. The van der Waals surface area contributed by atoms with Crippen molar-refractivity contribution < 1.29 is 9.59 Å². The van der Waals surface area contributed by atoms with Crippen LogP contribution in [-0.2, 0) is 11.3 Å². The summed E-state index contributed by atoms with van der Waals surface area (Å²) in [6.45, 7) is 5.09. The van der Waals surface area contributed by atoms with Crippen LogP contribution in [0.3, 0.4) is 0 Å². The lowest BCUT2D eigenvalue weighted by Gasteiger charge is -2.24. The molecule has 0 atom stereocenters. The monoisotopic (exact) mass is 417 g/mol. The summed E-state index contributed by atoms with van der Waals surface area (Å²) in [5, 5.41) is 2.86. The smallest absolute Gasteiger partial charge is 0.253 e. The van der Waals surface area contributed by atoms with E-state index in [1.165, 1.54) is 0 Å². The van der Waals surface area contributed by atoms with Crippen molar-refractivity contribution in [3.63, 3.8) is 0 Å². The van der Waals surface area contributed by atoms with Gasteiger partial charge in [0.25, 0.3) is 5.91 Å². The Morgan fingerprint density at radius 3 is 2.58 bits per heavy atom. The molecule has 1 aromatic carbocycles. The third kappa shape index (κ3) is 5.52. The first-order valence-electron chi connectivity index (χ1n) is 10.3. The second-order valence-electron chi connectivity index (χ2n) is 7.16. The summed E-state index contributed by atoms with van der Waals surface area (Å²) in [6.07, 6.45) is 5.40. The average molecular weight is 418 g/mol. The van der Waals surface area contributed by atoms with Crippen molar-refractivity contribution >= 4 is 17.5 Å². The zero-order valence-corrected chi connectivity index (χ0v) is 17.8. The van der Waals surface area contributed by atoms with Crippen molar-refractivity contribution in [3.8, 4) is 11.3 Å². The Bertz CT molecular complexity index is 1040. The van der Waals surface area contributed by atoms with Crippen LogP contribution in [0.5, 0.6) is 0 Å². The quantitative estimate of drug-likeness (QED) is 0.587. The number of carbonyl (C=O) groups is 2. The lowest BCUT2D eigenvalue weighted by atomic mass is 10.0. The Hall–Kier alpha value is -3.58. The van der Waals surface area contributed by atoms with Crippen LogP contribution in [0.25, 0.3) is 11.3 Å². The van der Waals surface area contributed by atoms with Gasteiger partial charge in [0.2, 0.25) is 5.91 Å². The number of aryl methyl sites for hydroxylation is 1. The second kappa shape index (κ2) is 10.4. The number of nitrogens with two attached hydrogens (primary N) is 1. The van der Waals surface area contributed by atoms with Gasteiger partial charge in [-0.05, 0) is 48.4 Å². The molecule has 0 saturated carbocycles. The molecule has 0 bridgehead atoms. The number of nitrogens with zero attached hydrogens (tertiary/aromatic N) is 3. The fourth-order valence-corrected chi connectivity index (χ4v) is 3.30. The van der Waals surface area contributed by atoms with Crippen LogP contribution in [0, 0.1) is 6.92 Å². The van der Waals surface area contributed by atoms with Crippen LogP contribution in [0.1, 0.15) is 34.8 Å². The molecule has 0 unspecified atom stereocenters. The summed E-state index contributed by atoms with van der Waals surface area (Å²) in [7, 11) is 0. The first-order chi connectivity index (χ1) is 15.0. The Balaban J connectivity index is 1.72. The summed E-state index contributed by atoms with van der Waals surface area (Å²) < 4.78 is 0. The van der Waals surface area contributed by atoms with Crippen molar-refractivity contribution in [3.05, 3.63) is 77.7 Å². The standard InChI is InChI=1S/C24H27N5O2/c1-3-23(30)29(12-10-25)22-9-7-19(13-17(22)2)21-8-6-20(16-27-21)24(31)28-15-18-5-4-11-26-14-18/h4-9,11,13-14,16H,3,10,12,15,25H2,1-2H3,(H,28,31). The van der Waals surface area contributed by atoms with Crippen molar-refractivity contribution in [2.45, 2.75) is 26.8 Å². The van der Waals surface area contributed by atoms with Crippen LogP contribution < -0.4 is 16.0 Å². The first kappa shape index (κ1) is 22.1. The molecule has 0 radical (unpaired) electrons.